The lowest BCUT2D eigenvalue weighted by Crippen LogP contribution is -2.49. The molecule has 0 saturated carbocycles. The summed E-state index contributed by atoms with van der Waals surface area (Å²) < 4.78 is 27.1. The van der Waals surface area contributed by atoms with Crippen molar-refractivity contribution in [2.24, 2.45) is 5.92 Å². The van der Waals surface area contributed by atoms with Crippen molar-refractivity contribution in [2.45, 2.75) is 45.7 Å². The van der Waals surface area contributed by atoms with Crippen molar-refractivity contribution in [1.82, 2.24) is 9.03 Å². The molecular formula is C11H21N3O4S. The summed E-state index contributed by atoms with van der Waals surface area (Å²) in [7, 11) is -2.60. The SMILES string of the molecule is CC(C)C[C@H](NS(=O)(=O)N(C)C(C)CC#N)C(=O)O. The van der Waals surface area contributed by atoms with Crippen LogP contribution in [0.2, 0.25) is 0 Å². The lowest BCUT2D eigenvalue weighted by atomic mass is 10.1. The van der Waals surface area contributed by atoms with E-state index in [2.05, 4.69) is 4.72 Å². The Bertz CT molecular complexity index is 441. The number of carboxylic acids is 1. The van der Waals surface area contributed by atoms with Crippen molar-refractivity contribution in [3.63, 3.8) is 0 Å². The highest BCUT2D eigenvalue weighted by Gasteiger charge is 2.29. The molecule has 110 valence electrons. The number of hydrogen-bond acceptors (Lipinski definition) is 4. The minimum Gasteiger partial charge on any atom is -0.480 e. The number of nitrogens with one attached hydrogen (secondary N) is 1. The lowest BCUT2D eigenvalue weighted by Gasteiger charge is -2.25. The monoisotopic (exact) mass is 291 g/mol. The molecule has 0 bridgehead atoms. The van der Waals surface area contributed by atoms with Gasteiger partial charge in [0.15, 0.2) is 0 Å². The average molecular weight is 291 g/mol. The fourth-order valence-electron chi connectivity index (χ4n) is 1.43. The molecule has 1 unspecified atom stereocenters. The molecule has 0 saturated heterocycles. The number of nitriles is 1. The zero-order valence-corrected chi connectivity index (χ0v) is 12.4. The minimum atomic E-state index is -3.92. The molecule has 0 fully saturated rings. The van der Waals surface area contributed by atoms with Crippen LogP contribution in [0.25, 0.3) is 0 Å². The summed E-state index contributed by atoms with van der Waals surface area (Å²) in [6, 6.07) is 0.196. The van der Waals surface area contributed by atoms with E-state index in [9.17, 15) is 13.2 Å². The third-order valence-electron chi connectivity index (χ3n) is 2.68. The Morgan fingerprint density at radius 2 is 1.95 bits per heavy atom. The van der Waals surface area contributed by atoms with Gasteiger partial charge in [-0.15, -0.1) is 0 Å². The fourth-order valence-corrected chi connectivity index (χ4v) is 2.70. The van der Waals surface area contributed by atoms with Crippen LogP contribution < -0.4 is 4.72 Å². The van der Waals surface area contributed by atoms with E-state index in [-0.39, 0.29) is 18.8 Å². The molecular weight excluding hydrogens is 270 g/mol. The molecule has 0 spiro atoms. The number of carbonyl (C=O) groups is 1. The van der Waals surface area contributed by atoms with Crippen LogP contribution in [0.15, 0.2) is 0 Å². The van der Waals surface area contributed by atoms with Crippen LogP contribution >= 0.6 is 0 Å². The van der Waals surface area contributed by atoms with E-state index < -0.39 is 28.3 Å². The van der Waals surface area contributed by atoms with Gasteiger partial charge in [-0.3, -0.25) is 4.79 Å². The molecule has 0 heterocycles. The Labute approximate surface area is 114 Å². The van der Waals surface area contributed by atoms with Gasteiger partial charge in [0.05, 0.1) is 12.5 Å². The second kappa shape index (κ2) is 7.43. The zero-order valence-electron chi connectivity index (χ0n) is 11.6. The van der Waals surface area contributed by atoms with E-state index in [0.29, 0.717) is 0 Å². The molecule has 2 N–H and O–H groups in total. The highest BCUT2D eigenvalue weighted by Crippen LogP contribution is 2.10. The highest BCUT2D eigenvalue weighted by atomic mass is 32.2. The summed E-state index contributed by atoms with van der Waals surface area (Å²) >= 11 is 0. The van der Waals surface area contributed by atoms with Crippen LogP contribution in [0.5, 0.6) is 0 Å². The maximum absolute atomic E-state index is 12.0. The quantitative estimate of drug-likeness (QED) is 0.678. The molecule has 19 heavy (non-hydrogen) atoms. The van der Waals surface area contributed by atoms with Crippen LogP contribution in [0.4, 0.5) is 0 Å². The molecule has 0 rings (SSSR count). The van der Waals surface area contributed by atoms with Gasteiger partial charge in [-0.05, 0) is 19.3 Å². The summed E-state index contributed by atoms with van der Waals surface area (Å²) in [5.41, 5.74) is 0. The van der Waals surface area contributed by atoms with Crippen LogP contribution in [0.3, 0.4) is 0 Å². The van der Waals surface area contributed by atoms with Gasteiger partial charge in [0.1, 0.15) is 6.04 Å². The molecule has 0 aromatic heterocycles. The van der Waals surface area contributed by atoms with Crippen molar-refractivity contribution >= 4 is 16.2 Å². The maximum atomic E-state index is 12.0. The van der Waals surface area contributed by atoms with Crippen LogP contribution in [0.1, 0.15) is 33.6 Å². The number of carboxylic acid groups (broad SMARTS) is 1. The van der Waals surface area contributed by atoms with Crippen LogP contribution in [-0.4, -0.2) is 42.9 Å². The van der Waals surface area contributed by atoms with Gasteiger partial charge in [0, 0.05) is 13.1 Å². The smallest absolute Gasteiger partial charge is 0.321 e. The molecule has 2 atom stereocenters. The molecule has 0 aromatic carbocycles. The average Bonchev–Trinajstić information content (AvgIpc) is 2.26. The molecule has 0 aliphatic heterocycles. The molecule has 0 amide bonds. The Kier molecular flexibility index (Phi) is 6.97. The second-order valence-corrected chi connectivity index (χ2v) is 6.63. The van der Waals surface area contributed by atoms with Gasteiger partial charge in [-0.25, -0.2) is 0 Å². The van der Waals surface area contributed by atoms with Crippen molar-refractivity contribution in [1.29, 1.82) is 5.26 Å². The van der Waals surface area contributed by atoms with Gasteiger partial charge < -0.3 is 5.11 Å². The summed E-state index contributed by atoms with van der Waals surface area (Å²) in [5.74, 6) is -1.16. The van der Waals surface area contributed by atoms with Gasteiger partial charge in [-0.1, -0.05) is 13.8 Å². The second-order valence-electron chi connectivity index (χ2n) is 4.87. The maximum Gasteiger partial charge on any atom is 0.321 e. The normalized spacial score (nSPS) is 15.2. The highest BCUT2D eigenvalue weighted by molar-refractivity contribution is 7.87. The minimum absolute atomic E-state index is 0.0410. The van der Waals surface area contributed by atoms with Gasteiger partial charge in [0.25, 0.3) is 10.2 Å². The number of nitrogens with zero attached hydrogens (tertiary/aromatic N) is 2. The van der Waals surface area contributed by atoms with Crippen LogP contribution in [-0.2, 0) is 15.0 Å². The number of aliphatic carboxylic acids is 1. The molecule has 0 aliphatic rings. The summed E-state index contributed by atoms with van der Waals surface area (Å²) in [5, 5.41) is 17.6. The summed E-state index contributed by atoms with van der Waals surface area (Å²) in [6.45, 7) is 5.21. The predicted molar refractivity (Wildman–Crippen MR) is 70.4 cm³/mol. The van der Waals surface area contributed by atoms with E-state index in [1.165, 1.54) is 7.05 Å². The number of rotatable bonds is 8. The molecule has 0 aliphatic carbocycles. The topological polar surface area (TPSA) is 111 Å². The lowest BCUT2D eigenvalue weighted by molar-refractivity contribution is -0.139. The first kappa shape index (κ1) is 17.8. The van der Waals surface area contributed by atoms with E-state index in [0.717, 1.165) is 4.31 Å². The van der Waals surface area contributed by atoms with Gasteiger partial charge in [-0.2, -0.15) is 22.7 Å². The first-order valence-electron chi connectivity index (χ1n) is 5.96. The van der Waals surface area contributed by atoms with Gasteiger partial charge >= 0.3 is 5.97 Å². The first-order chi connectivity index (χ1) is 8.61. The molecule has 0 aromatic rings. The third kappa shape index (κ3) is 6.00. The Morgan fingerprint density at radius 1 is 1.42 bits per heavy atom. The number of hydrogen-bond donors (Lipinski definition) is 2. The largest absolute Gasteiger partial charge is 0.480 e. The Hall–Kier alpha value is -1.17. The van der Waals surface area contributed by atoms with E-state index in [4.69, 9.17) is 10.4 Å². The Morgan fingerprint density at radius 3 is 2.32 bits per heavy atom. The van der Waals surface area contributed by atoms with Crippen molar-refractivity contribution in [3.8, 4) is 6.07 Å². The fraction of sp³-hybridized carbons (Fsp3) is 0.818. The van der Waals surface area contributed by atoms with E-state index >= 15 is 0 Å². The van der Waals surface area contributed by atoms with E-state index in [1.54, 1.807) is 6.92 Å². The standard InChI is InChI=1S/C11H21N3O4S/c1-8(2)7-10(11(15)16)13-19(17,18)14(4)9(3)5-6-12/h8-10,13H,5,7H2,1-4H3,(H,15,16)/t9?,10-/m0/s1. The molecule has 7 nitrogen and oxygen atoms in total. The van der Waals surface area contributed by atoms with Gasteiger partial charge in [0.2, 0.25) is 0 Å². The predicted octanol–water partition coefficient (Wildman–Crippen LogP) is 0.554. The van der Waals surface area contributed by atoms with E-state index in [1.807, 2.05) is 19.9 Å². The molecule has 0 radical (unpaired) electrons. The molecule has 8 heteroatoms. The summed E-state index contributed by atoms with van der Waals surface area (Å²) in [6.07, 6.45) is 0.244. The van der Waals surface area contributed by atoms with Crippen molar-refractivity contribution in [3.05, 3.63) is 0 Å². The van der Waals surface area contributed by atoms with Crippen LogP contribution in [0, 0.1) is 17.2 Å². The Balaban J connectivity index is 4.91. The summed E-state index contributed by atoms with van der Waals surface area (Å²) in [4.78, 5) is 11.0. The zero-order chi connectivity index (χ0) is 15.2. The third-order valence-corrected chi connectivity index (χ3v) is 4.38. The van der Waals surface area contributed by atoms with Crippen molar-refractivity contribution < 1.29 is 18.3 Å². The van der Waals surface area contributed by atoms with Crippen molar-refractivity contribution in [2.75, 3.05) is 7.05 Å². The first-order valence-corrected chi connectivity index (χ1v) is 7.40.